The number of halogens is 1. The molecule has 0 spiro atoms. The Morgan fingerprint density at radius 1 is 0.767 bits per heavy atom. The molecule has 1 aliphatic carbocycles. The average molecular weight is 478 g/mol. The molecule has 6 heteroatoms. The Balaban J connectivity index is 0.00000256. The van der Waals surface area contributed by atoms with Gasteiger partial charge in [0.25, 0.3) is 0 Å². The molecule has 0 atom stereocenters. The quantitative estimate of drug-likeness (QED) is 0.591. The van der Waals surface area contributed by atoms with Crippen molar-refractivity contribution in [3.63, 3.8) is 0 Å². The molecule has 1 aliphatic heterocycles. The summed E-state index contributed by atoms with van der Waals surface area (Å²) in [5.41, 5.74) is 6.98. The molecular formula is C24H32BrNO4. The maximum atomic E-state index is 5.80. The van der Waals surface area contributed by atoms with Crippen molar-refractivity contribution in [2.24, 2.45) is 0 Å². The van der Waals surface area contributed by atoms with Crippen LogP contribution in [-0.2, 0) is 32.2 Å². The first-order valence-electron chi connectivity index (χ1n) is 10.4. The fourth-order valence-electron chi connectivity index (χ4n) is 4.89. The van der Waals surface area contributed by atoms with Gasteiger partial charge in [0.1, 0.15) is 0 Å². The molecule has 0 amide bonds. The molecule has 5 nitrogen and oxygen atoms in total. The number of ether oxygens (including phenoxy) is 4. The van der Waals surface area contributed by atoms with Crippen molar-refractivity contribution in [3.8, 4) is 23.0 Å². The van der Waals surface area contributed by atoms with Gasteiger partial charge in [-0.1, -0.05) is 6.07 Å². The lowest BCUT2D eigenvalue weighted by atomic mass is 9.90. The lowest BCUT2D eigenvalue weighted by Gasteiger charge is -2.32. The Kier molecular flexibility index (Phi) is 7.53. The molecule has 30 heavy (non-hydrogen) atoms. The minimum absolute atomic E-state index is 0. The van der Waals surface area contributed by atoms with E-state index >= 15 is 0 Å². The maximum Gasteiger partial charge on any atom is 0.164 e. The van der Waals surface area contributed by atoms with Crippen LogP contribution in [0.15, 0.2) is 18.2 Å². The number of methoxy groups -OCH3 is 4. The first-order valence-corrected chi connectivity index (χ1v) is 10.4. The van der Waals surface area contributed by atoms with E-state index in [1.807, 2.05) is 6.07 Å². The molecule has 0 bridgehead atoms. The maximum absolute atomic E-state index is 5.80. The second-order valence-electron chi connectivity index (χ2n) is 7.80. The van der Waals surface area contributed by atoms with Crippen LogP contribution < -0.4 is 18.9 Å². The highest BCUT2D eigenvalue weighted by Crippen LogP contribution is 2.45. The van der Waals surface area contributed by atoms with E-state index in [2.05, 4.69) is 17.0 Å². The van der Waals surface area contributed by atoms with Crippen LogP contribution >= 0.6 is 17.0 Å². The molecule has 2 aliphatic rings. The number of benzene rings is 2. The fraction of sp³-hybridized carbons (Fsp3) is 0.500. The summed E-state index contributed by atoms with van der Waals surface area (Å²) in [6.45, 7) is 3.06. The number of nitrogens with zero attached hydrogens (tertiary/aromatic N) is 1. The molecule has 2 aromatic carbocycles. The Labute approximate surface area is 190 Å². The third kappa shape index (κ3) is 4.12. The number of hydrogen-bond acceptors (Lipinski definition) is 5. The van der Waals surface area contributed by atoms with Crippen LogP contribution in [0.25, 0.3) is 0 Å². The van der Waals surface area contributed by atoms with Crippen LogP contribution in [0.3, 0.4) is 0 Å². The zero-order valence-corrected chi connectivity index (χ0v) is 20.1. The molecule has 0 radical (unpaired) electrons. The van der Waals surface area contributed by atoms with Gasteiger partial charge in [0.15, 0.2) is 23.0 Å². The van der Waals surface area contributed by atoms with E-state index in [1.165, 1.54) is 34.2 Å². The zero-order chi connectivity index (χ0) is 20.4. The SMILES string of the molecule is Br.COc1ccc(CCN2CCc3c(c4c(c(OC)c3OC)CCC4)C2)cc1OC. The van der Waals surface area contributed by atoms with Gasteiger partial charge in [0.05, 0.1) is 28.4 Å². The molecular weight excluding hydrogens is 446 g/mol. The van der Waals surface area contributed by atoms with Gasteiger partial charge in [-0.2, -0.15) is 0 Å². The number of rotatable bonds is 7. The molecule has 0 fully saturated rings. The summed E-state index contributed by atoms with van der Waals surface area (Å²) < 4.78 is 22.4. The normalized spacial score (nSPS) is 15.1. The molecule has 0 saturated heterocycles. The summed E-state index contributed by atoms with van der Waals surface area (Å²) in [4.78, 5) is 2.56. The zero-order valence-electron chi connectivity index (χ0n) is 18.4. The predicted octanol–water partition coefficient (Wildman–Crippen LogP) is 4.39. The fourth-order valence-corrected chi connectivity index (χ4v) is 4.89. The summed E-state index contributed by atoms with van der Waals surface area (Å²) in [5.74, 6) is 3.50. The van der Waals surface area contributed by atoms with E-state index in [4.69, 9.17) is 18.9 Å². The van der Waals surface area contributed by atoms with Gasteiger partial charge in [-0.3, -0.25) is 4.90 Å². The monoisotopic (exact) mass is 477 g/mol. The third-order valence-corrected chi connectivity index (χ3v) is 6.33. The molecule has 0 saturated carbocycles. The first-order chi connectivity index (χ1) is 14.2. The summed E-state index contributed by atoms with van der Waals surface area (Å²) in [6, 6.07) is 6.21. The van der Waals surface area contributed by atoms with Crippen molar-refractivity contribution in [2.75, 3.05) is 41.5 Å². The van der Waals surface area contributed by atoms with Crippen molar-refractivity contribution >= 4 is 17.0 Å². The smallest absolute Gasteiger partial charge is 0.164 e. The highest BCUT2D eigenvalue weighted by molar-refractivity contribution is 8.93. The Bertz CT molecular complexity index is 900. The average Bonchev–Trinajstić information content (AvgIpc) is 3.26. The van der Waals surface area contributed by atoms with Gasteiger partial charge in [-0.05, 0) is 60.9 Å². The van der Waals surface area contributed by atoms with Crippen LogP contribution in [-0.4, -0.2) is 46.4 Å². The first kappa shape index (κ1) is 22.8. The molecule has 0 unspecified atom stereocenters. The van der Waals surface area contributed by atoms with Gasteiger partial charge >= 0.3 is 0 Å². The van der Waals surface area contributed by atoms with Gasteiger partial charge in [0, 0.05) is 30.8 Å². The lowest BCUT2D eigenvalue weighted by molar-refractivity contribution is 0.251. The van der Waals surface area contributed by atoms with E-state index in [9.17, 15) is 0 Å². The minimum atomic E-state index is 0. The molecule has 0 N–H and O–H groups in total. The number of hydrogen-bond donors (Lipinski definition) is 0. The van der Waals surface area contributed by atoms with Gasteiger partial charge in [0.2, 0.25) is 0 Å². The van der Waals surface area contributed by atoms with Gasteiger partial charge < -0.3 is 18.9 Å². The summed E-state index contributed by atoms with van der Waals surface area (Å²) in [6.07, 6.45) is 5.45. The minimum Gasteiger partial charge on any atom is -0.493 e. The van der Waals surface area contributed by atoms with Crippen LogP contribution in [0.4, 0.5) is 0 Å². The predicted molar refractivity (Wildman–Crippen MR) is 124 cm³/mol. The Morgan fingerprint density at radius 2 is 1.43 bits per heavy atom. The van der Waals surface area contributed by atoms with Gasteiger partial charge in [-0.15, -0.1) is 17.0 Å². The Morgan fingerprint density at radius 3 is 2.10 bits per heavy atom. The van der Waals surface area contributed by atoms with Crippen molar-refractivity contribution in [1.82, 2.24) is 4.90 Å². The largest absolute Gasteiger partial charge is 0.493 e. The van der Waals surface area contributed by atoms with Crippen molar-refractivity contribution in [2.45, 2.75) is 38.6 Å². The second kappa shape index (κ2) is 9.92. The molecule has 2 aromatic rings. The molecule has 164 valence electrons. The molecule has 0 aromatic heterocycles. The second-order valence-corrected chi connectivity index (χ2v) is 7.80. The highest BCUT2D eigenvalue weighted by atomic mass is 79.9. The van der Waals surface area contributed by atoms with E-state index in [0.29, 0.717) is 0 Å². The highest BCUT2D eigenvalue weighted by Gasteiger charge is 2.30. The van der Waals surface area contributed by atoms with Crippen molar-refractivity contribution in [3.05, 3.63) is 46.0 Å². The van der Waals surface area contributed by atoms with Crippen LogP contribution in [0, 0.1) is 0 Å². The topological polar surface area (TPSA) is 40.2 Å². The summed E-state index contributed by atoms with van der Waals surface area (Å²) in [7, 11) is 6.89. The van der Waals surface area contributed by atoms with Crippen LogP contribution in [0.1, 0.15) is 34.2 Å². The standard InChI is InChI=1S/C24H31NO4.BrH/c1-26-21-9-8-16(14-22(21)27-2)10-12-25-13-11-19-20(15-25)17-6-5-7-18(17)23(28-3)24(19)29-4;/h8-9,14H,5-7,10-13,15H2,1-4H3;1H. The van der Waals surface area contributed by atoms with E-state index in [-0.39, 0.29) is 17.0 Å². The molecule has 4 rings (SSSR count). The Hall–Kier alpha value is -1.92. The summed E-state index contributed by atoms with van der Waals surface area (Å²) >= 11 is 0. The van der Waals surface area contributed by atoms with Crippen LogP contribution in [0.2, 0.25) is 0 Å². The van der Waals surface area contributed by atoms with E-state index in [1.54, 1.807) is 28.4 Å². The molecule has 1 heterocycles. The number of fused-ring (bicyclic) bond motifs is 3. The van der Waals surface area contributed by atoms with Crippen molar-refractivity contribution < 1.29 is 18.9 Å². The lowest BCUT2D eigenvalue weighted by Crippen LogP contribution is -2.33. The van der Waals surface area contributed by atoms with Crippen LogP contribution in [0.5, 0.6) is 23.0 Å². The van der Waals surface area contributed by atoms with Gasteiger partial charge in [-0.25, -0.2) is 0 Å². The summed E-state index contributed by atoms with van der Waals surface area (Å²) in [5, 5.41) is 0. The third-order valence-electron chi connectivity index (χ3n) is 6.33. The van der Waals surface area contributed by atoms with Crippen molar-refractivity contribution in [1.29, 1.82) is 0 Å². The van der Waals surface area contributed by atoms with E-state index in [0.717, 1.165) is 68.3 Å². The van der Waals surface area contributed by atoms with E-state index < -0.39 is 0 Å².